The van der Waals surface area contributed by atoms with Crippen molar-refractivity contribution in [2.45, 2.75) is 36.7 Å². The Morgan fingerprint density at radius 1 is 1.11 bits per heavy atom. The third-order valence-corrected chi connectivity index (χ3v) is 7.96. The fourth-order valence-electron chi connectivity index (χ4n) is 3.81. The molecule has 1 aliphatic heterocycles. The van der Waals surface area contributed by atoms with Crippen molar-refractivity contribution < 1.29 is 18.0 Å². The average molecular weight is 524 g/mol. The molecule has 11 nitrogen and oxygen atoms in total. The Morgan fingerprint density at radius 3 is 2.59 bits per heavy atom. The molecule has 194 valence electrons. The molecule has 12 heteroatoms. The standard InChI is InChI=1S/C25H29N7O4S/c1-15(2)37(35,36)21-10-5-4-9-19(21)30-24-23-20(11-12-27-23)31-25(26,32-24)17-7-6-8-18(13-17)29-22(34)14-28-16(3)33/h4-13,15,27,31H,14,26H2,1-3H3,(H,28,33)(H,29,34)(H,30,32). The number of fused-ring (bicyclic) bond motifs is 1. The van der Waals surface area contributed by atoms with Crippen molar-refractivity contribution in [2.24, 2.45) is 10.7 Å². The van der Waals surface area contributed by atoms with E-state index in [-0.39, 0.29) is 17.3 Å². The molecule has 0 fully saturated rings. The number of carbonyl (C=O) groups excluding carboxylic acids is 2. The number of H-pyrrole nitrogens is 1. The Labute approximate surface area is 214 Å². The minimum atomic E-state index is -3.57. The number of amides is 2. The molecule has 0 aliphatic carbocycles. The maximum atomic E-state index is 13.0. The van der Waals surface area contributed by atoms with Crippen LogP contribution in [0.1, 0.15) is 32.0 Å². The molecule has 3 aromatic rings. The Kier molecular flexibility index (Phi) is 7.05. The number of hydrogen-bond donors (Lipinski definition) is 6. The van der Waals surface area contributed by atoms with Crippen LogP contribution in [0.15, 0.2) is 70.7 Å². The highest BCUT2D eigenvalue weighted by molar-refractivity contribution is 7.92. The number of anilines is 3. The van der Waals surface area contributed by atoms with E-state index in [2.05, 4.69) is 26.3 Å². The minimum Gasteiger partial charge on any atom is -0.357 e. The molecule has 0 spiro atoms. The number of amidine groups is 1. The fourth-order valence-corrected chi connectivity index (χ4v) is 5.01. The number of aromatic nitrogens is 1. The van der Waals surface area contributed by atoms with Crippen LogP contribution < -0.4 is 27.0 Å². The molecule has 0 radical (unpaired) electrons. The first-order valence-corrected chi connectivity index (χ1v) is 13.1. The van der Waals surface area contributed by atoms with Crippen LogP contribution in [0.2, 0.25) is 0 Å². The summed E-state index contributed by atoms with van der Waals surface area (Å²) in [6, 6.07) is 15.3. The van der Waals surface area contributed by atoms with Crippen molar-refractivity contribution in [3.05, 3.63) is 72.1 Å². The highest BCUT2D eigenvalue weighted by atomic mass is 32.2. The van der Waals surface area contributed by atoms with Crippen molar-refractivity contribution >= 4 is 44.5 Å². The van der Waals surface area contributed by atoms with Gasteiger partial charge in [-0.05, 0) is 44.2 Å². The van der Waals surface area contributed by atoms with Crippen molar-refractivity contribution in [1.82, 2.24) is 10.3 Å². The summed E-state index contributed by atoms with van der Waals surface area (Å²) in [5.41, 5.74) is 9.38. The van der Waals surface area contributed by atoms with Gasteiger partial charge in [0.05, 0.1) is 28.1 Å². The van der Waals surface area contributed by atoms with E-state index < -0.39 is 26.8 Å². The molecular formula is C25H29N7O4S. The van der Waals surface area contributed by atoms with Gasteiger partial charge in [0.15, 0.2) is 15.7 Å². The molecule has 0 bridgehead atoms. The topological polar surface area (TPSA) is 171 Å². The molecule has 2 heterocycles. The number of nitrogens with one attached hydrogen (secondary N) is 5. The number of sulfone groups is 1. The minimum absolute atomic E-state index is 0.158. The van der Waals surface area contributed by atoms with Crippen molar-refractivity contribution in [1.29, 1.82) is 0 Å². The highest BCUT2D eigenvalue weighted by Crippen LogP contribution is 2.33. The summed E-state index contributed by atoms with van der Waals surface area (Å²) in [4.78, 5) is 31.2. The Bertz CT molecular complexity index is 1480. The Balaban J connectivity index is 1.69. The van der Waals surface area contributed by atoms with Crippen molar-refractivity contribution in [3.63, 3.8) is 0 Å². The van der Waals surface area contributed by atoms with E-state index in [9.17, 15) is 18.0 Å². The van der Waals surface area contributed by atoms with Crippen LogP contribution in [0, 0.1) is 0 Å². The third-order valence-electron chi connectivity index (χ3n) is 5.75. The zero-order valence-corrected chi connectivity index (χ0v) is 21.4. The van der Waals surface area contributed by atoms with Gasteiger partial charge in [0, 0.05) is 24.4 Å². The molecule has 0 saturated heterocycles. The second kappa shape index (κ2) is 10.1. The molecule has 37 heavy (non-hydrogen) atoms. The summed E-state index contributed by atoms with van der Waals surface area (Å²) in [6.07, 6.45) is 1.72. The summed E-state index contributed by atoms with van der Waals surface area (Å²) < 4.78 is 25.9. The lowest BCUT2D eigenvalue weighted by Crippen LogP contribution is -2.47. The van der Waals surface area contributed by atoms with Crippen LogP contribution in [0.5, 0.6) is 0 Å². The monoisotopic (exact) mass is 523 g/mol. The van der Waals surface area contributed by atoms with Gasteiger partial charge in [-0.3, -0.25) is 15.3 Å². The zero-order chi connectivity index (χ0) is 26.8. The molecule has 1 aliphatic rings. The number of nitrogens with zero attached hydrogens (tertiary/aromatic N) is 1. The van der Waals surface area contributed by atoms with E-state index in [1.807, 2.05) is 0 Å². The summed E-state index contributed by atoms with van der Waals surface area (Å²) in [6.45, 7) is 4.42. The molecule has 7 N–H and O–H groups in total. The van der Waals surface area contributed by atoms with E-state index in [1.54, 1.807) is 74.6 Å². The molecule has 4 rings (SSSR count). The average Bonchev–Trinajstić information content (AvgIpc) is 3.31. The summed E-state index contributed by atoms with van der Waals surface area (Å²) >= 11 is 0. The van der Waals surface area contributed by atoms with E-state index in [4.69, 9.17) is 10.7 Å². The summed E-state index contributed by atoms with van der Waals surface area (Å²) in [7, 11) is -3.57. The molecule has 2 aromatic carbocycles. The van der Waals surface area contributed by atoms with E-state index in [0.717, 1.165) is 0 Å². The van der Waals surface area contributed by atoms with Gasteiger partial charge in [-0.15, -0.1) is 0 Å². The molecular weight excluding hydrogens is 494 g/mol. The number of aliphatic imine (C=N–C) groups is 1. The smallest absolute Gasteiger partial charge is 0.243 e. The van der Waals surface area contributed by atoms with Gasteiger partial charge in [0.25, 0.3) is 0 Å². The van der Waals surface area contributed by atoms with Crippen molar-refractivity contribution in [2.75, 3.05) is 22.5 Å². The quantitative estimate of drug-likeness (QED) is 0.276. The number of nitrogens with two attached hydrogens (primary N) is 1. The lowest BCUT2D eigenvalue weighted by Gasteiger charge is -2.33. The van der Waals surface area contributed by atoms with E-state index >= 15 is 0 Å². The second-order valence-electron chi connectivity index (χ2n) is 8.87. The maximum absolute atomic E-state index is 13.0. The van der Waals surface area contributed by atoms with E-state index in [1.165, 1.54) is 6.92 Å². The molecule has 0 saturated carbocycles. The number of rotatable bonds is 7. The Morgan fingerprint density at radius 2 is 1.86 bits per heavy atom. The van der Waals surface area contributed by atoms with E-state index in [0.29, 0.717) is 34.2 Å². The predicted molar refractivity (Wildman–Crippen MR) is 143 cm³/mol. The first kappa shape index (κ1) is 25.9. The normalized spacial score (nSPS) is 16.8. The highest BCUT2D eigenvalue weighted by Gasteiger charge is 2.34. The number of para-hydroxylation sites is 1. The molecule has 2 amide bonds. The lowest BCUT2D eigenvalue weighted by atomic mass is 10.1. The zero-order valence-electron chi connectivity index (χ0n) is 20.6. The van der Waals surface area contributed by atoms with Gasteiger partial charge in [-0.2, -0.15) is 0 Å². The lowest BCUT2D eigenvalue weighted by molar-refractivity contribution is -0.122. The van der Waals surface area contributed by atoms with Gasteiger partial charge in [0.1, 0.15) is 5.69 Å². The number of aromatic amines is 1. The van der Waals surface area contributed by atoms with Gasteiger partial charge in [-0.25, -0.2) is 13.4 Å². The van der Waals surface area contributed by atoms with Gasteiger partial charge in [0.2, 0.25) is 17.6 Å². The number of carbonyl (C=O) groups is 2. The maximum Gasteiger partial charge on any atom is 0.243 e. The number of hydrogen-bond acceptors (Lipinski definition) is 8. The van der Waals surface area contributed by atoms with Crippen LogP contribution in [0.3, 0.4) is 0 Å². The van der Waals surface area contributed by atoms with Gasteiger partial charge in [-0.1, -0.05) is 24.3 Å². The SMILES string of the molecule is CC(=O)NCC(=O)Nc1cccc(C2(N)N=C(Nc3ccccc3S(=O)(=O)C(C)C)c3[nH]ccc3N2)c1. The van der Waals surface area contributed by atoms with Crippen molar-refractivity contribution in [3.8, 4) is 0 Å². The molecule has 1 aromatic heterocycles. The van der Waals surface area contributed by atoms with Crippen LogP contribution >= 0.6 is 0 Å². The predicted octanol–water partition coefficient (Wildman–Crippen LogP) is 2.32. The molecule has 1 unspecified atom stereocenters. The number of benzene rings is 2. The van der Waals surface area contributed by atoms with Crippen LogP contribution in [-0.4, -0.2) is 42.8 Å². The summed E-state index contributed by atoms with van der Waals surface area (Å²) in [5, 5.41) is 10.9. The largest absolute Gasteiger partial charge is 0.357 e. The summed E-state index contributed by atoms with van der Waals surface area (Å²) in [5.74, 6) is -1.80. The fraction of sp³-hybridized carbons (Fsp3) is 0.240. The first-order chi connectivity index (χ1) is 17.5. The van der Waals surface area contributed by atoms with Gasteiger partial charge < -0.3 is 26.3 Å². The Hall–Kier alpha value is -4.16. The second-order valence-corrected chi connectivity index (χ2v) is 11.3. The third kappa shape index (κ3) is 5.49. The van der Waals surface area contributed by atoms with Crippen LogP contribution in [-0.2, 0) is 25.2 Å². The van der Waals surface area contributed by atoms with Crippen LogP contribution in [0.4, 0.5) is 17.1 Å². The first-order valence-electron chi connectivity index (χ1n) is 11.6. The van der Waals surface area contributed by atoms with Gasteiger partial charge >= 0.3 is 0 Å². The molecule has 1 atom stereocenters. The van der Waals surface area contributed by atoms with Crippen LogP contribution in [0.25, 0.3) is 0 Å².